The molecule has 35 heavy (non-hydrogen) atoms. The van der Waals surface area contributed by atoms with Crippen molar-refractivity contribution in [1.29, 1.82) is 0 Å². The molecule has 0 amide bonds. The number of aryl methyl sites for hydroxylation is 1. The van der Waals surface area contributed by atoms with E-state index in [9.17, 15) is 13.5 Å². The summed E-state index contributed by atoms with van der Waals surface area (Å²) < 4.78 is 39.9. The number of rotatable bonds is 8. The van der Waals surface area contributed by atoms with Crippen molar-refractivity contribution in [1.82, 2.24) is 4.90 Å². The predicted octanol–water partition coefficient (Wildman–Crippen LogP) is 4.58. The van der Waals surface area contributed by atoms with E-state index < -0.39 is 10.0 Å². The number of ether oxygens (including phenoxy) is 2. The Morgan fingerprint density at radius 1 is 0.971 bits per heavy atom. The molecule has 8 heteroatoms. The number of anilines is 1. The van der Waals surface area contributed by atoms with Crippen molar-refractivity contribution >= 4 is 15.7 Å². The summed E-state index contributed by atoms with van der Waals surface area (Å²) in [4.78, 5) is 2.50. The second kappa shape index (κ2) is 10.6. The lowest BCUT2D eigenvalue weighted by Gasteiger charge is -2.39. The fourth-order valence-corrected chi connectivity index (χ4v) is 6.23. The van der Waals surface area contributed by atoms with E-state index in [0.29, 0.717) is 49.7 Å². The number of aromatic hydroxyl groups is 1. The van der Waals surface area contributed by atoms with Crippen LogP contribution in [0.1, 0.15) is 24.0 Å². The molecule has 1 heterocycles. The van der Waals surface area contributed by atoms with E-state index in [4.69, 9.17) is 9.47 Å². The molecule has 0 unspecified atom stereocenters. The number of phenols is 1. The lowest BCUT2D eigenvalue weighted by Crippen LogP contribution is -2.47. The number of piperidine rings is 1. The summed E-state index contributed by atoms with van der Waals surface area (Å²) in [6.45, 7) is 3.90. The van der Waals surface area contributed by atoms with Crippen LogP contribution < -0.4 is 13.8 Å². The van der Waals surface area contributed by atoms with Crippen molar-refractivity contribution in [3.63, 3.8) is 0 Å². The number of phenolic OH excluding ortho intramolecular Hbond substituents is 1. The van der Waals surface area contributed by atoms with E-state index in [2.05, 4.69) is 4.90 Å². The van der Waals surface area contributed by atoms with Gasteiger partial charge in [0.05, 0.1) is 24.8 Å². The number of likely N-dealkylation sites (tertiary alicyclic amines) is 1. The highest BCUT2D eigenvalue weighted by Crippen LogP contribution is 2.34. The Hall–Kier alpha value is -3.23. The van der Waals surface area contributed by atoms with Gasteiger partial charge in [0.25, 0.3) is 10.0 Å². The maximum atomic E-state index is 13.9. The van der Waals surface area contributed by atoms with Crippen molar-refractivity contribution in [3.05, 3.63) is 77.9 Å². The smallest absolute Gasteiger partial charge is 0.264 e. The molecule has 1 N–H and O–H groups in total. The molecule has 0 aromatic heterocycles. The number of hydrogen-bond acceptors (Lipinski definition) is 6. The fraction of sp³-hybridized carbons (Fsp3) is 0.333. The van der Waals surface area contributed by atoms with Crippen molar-refractivity contribution in [2.24, 2.45) is 0 Å². The zero-order valence-electron chi connectivity index (χ0n) is 20.3. The lowest BCUT2D eigenvalue weighted by molar-refractivity contribution is 0.204. The van der Waals surface area contributed by atoms with Gasteiger partial charge in [0, 0.05) is 37.3 Å². The molecule has 0 bridgehead atoms. The average Bonchev–Trinajstić information content (AvgIpc) is 2.87. The van der Waals surface area contributed by atoms with Crippen LogP contribution in [0.2, 0.25) is 0 Å². The van der Waals surface area contributed by atoms with E-state index in [-0.39, 0.29) is 16.7 Å². The first-order chi connectivity index (χ1) is 16.8. The minimum atomic E-state index is -3.78. The largest absolute Gasteiger partial charge is 0.504 e. The molecule has 1 saturated heterocycles. The second-order valence-electron chi connectivity index (χ2n) is 8.79. The molecule has 1 aliphatic rings. The Bertz CT molecular complexity index is 1250. The maximum absolute atomic E-state index is 13.9. The Morgan fingerprint density at radius 2 is 1.66 bits per heavy atom. The number of methoxy groups -OCH3 is 2. The van der Waals surface area contributed by atoms with Gasteiger partial charge in [-0.1, -0.05) is 35.9 Å². The summed E-state index contributed by atoms with van der Waals surface area (Å²) in [5, 5.41) is 10.5. The van der Waals surface area contributed by atoms with Gasteiger partial charge < -0.3 is 14.6 Å². The SMILES string of the molecule is COc1cccc(N(C2CCN(Cc3cccc(OC)c3O)CC2)S(=O)(=O)c2ccc(C)cc2)c1. The van der Waals surface area contributed by atoms with E-state index in [1.165, 1.54) is 7.11 Å². The quantitative estimate of drug-likeness (QED) is 0.492. The molecule has 1 fully saturated rings. The Balaban J connectivity index is 1.59. The molecule has 0 atom stereocenters. The summed E-state index contributed by atoms with van der Waals surface area (Å²) >= 11 is 0. The van der Waals surface area contributed by atoms with Gasteiger partial charge in [0.15, 0.2) is 11.5 Å². The third-order valence-electron chi connectivity index (χ3n) is 6.47. The Morgan fingerprint density at radius 3 is 2.31 bits per heavy atom. The van der Waals surface area contributed by atoms with Gasteiger partial charge in [-0.05, 0) is 50.1 Å². The third-order valence-corrected chi connectivity index (χ3v) is 8.37. The van der Waals surface area contributed by atoms with Gasteiger partial charge in [-0.25, -0.2) is 8.42 Å². The van der Waals surface area contributed by atoms with Gasteiger partial charge >= 0.3 is 0 Å². The topological polar surface area (TPSA) is 79.3 Å². The van der Waals surface area contributed by atoms with Crippen LogP contribution in [0.25, 0.3) is 0 Å². The van der Waals surface area contributed by atoms with Gasteiger partial charge in [-0.3, -0.25) is 9.21 Å². The summed E-state index contributed by atoms with van der Waals surface area (Å²) in [6, 6.07) is 19.4. The maximum Gasteiger partial charge on any atom is 0.264 e. The number of benzene rings is 3. The molecule has 4 rings (SSSR count). The molecule has 0 radical (unpaired) electrons. The molecule has 0 aliphatic carbocycles. The van der Waals surface area contributed by atoms with Crippen LogP contribution in [0.4, 0.5) is 5.69 Å². The molecule has 0 saturated carbocycles. The van der Waals surface area contributed by atoms with Crippen molar-refractivity contribution in [2.75, 3.05) is 31.6 Å². The fourth-order valence-electron chi connectivity index (χ4n) is 4.53. The van der Waals surface area contributed by atoms with Crippen LogP contribution in [-0.4, -0.2) is 51.8 Å². The zero-order chi connectivity index (χ0) is 25.0. The third kappa shape index (κ3) is 5.39. The summed E-state index contributed by atoms with van der Waals surface area (Å²) in [5.41, 5.74) is 2.39. The summed E-state index contributed by atoms with van der Waals surface area (Å²) in [7, 11) is -0.677. The normalized spacial score (nSPS) is 15.1. The standard InChI is InChI=1S/C27H32N2O5S/c1-20-10-12-25(13-11-20)35(31,32)29(23-7-5-8-24(18-23)33-2)22-14-16-28(17-15-22)19-21-6-4-9-26(34-3)27(21)30/h4-13,18,22,30H,14-17,19H2,1-3H3. The van der Waals surface area contributed by atoms with Crippen LogP contribution in [0.3, 0.4) is 0 Å². The predicted molar refractivity (Wildman–Crippen MR) is 137 cm³/mol. The zero-order valence-corrected chi connectivity index (χ0v) is 21.2. The van der Waals surface area contributed by atoms with E-state index in [1.54, 1.807) is 35.7 Å². The first-order valence-electron chi connectivity index (χ1n) is 11.7. The highest BCUT2D eigenvalue weighted by atomic mass is 32.2. The van der Waals surface area contributed by atoms with Crippen LogP contribution in [0.15, 0.2) is 71.6 Å². The molecule has 7 nitrogen and oxygen atoms in total. The minimum absolute atomic E-state index is 0.150. The first-order valence-corrected chi connectivity index (χ1v) is 13.1. The van der Waals surface area contributed by atoms with Gasteiger partial charge in [-0.2, -0.15) is 0 Å². The van der Waals surface area contributed by atoms with Gasteiger partial charge in [-0.15, -0.1) is 0 Å². The molecule has 3 aromatic rings. The van der Waals surface area contributed by atoms with Crippen LogP contribution in [0.5, 0.6) is 17.2 Å². The first kappa shape index (κ1) is 24.9. The molecule has 1 aliphatic heterocycles. The number of nitrogens with zero attached hydrogens (tertiary/aromatic N) is 2. The van der Waals surface area contributed by atoms with E-state index in [0.717, 1.165) is 11.1 Å². The van der Waals surface area contributed by atoms with Gasteiger partial charge in [0.2, 0.25) is 0 Å². The monoisotopic (exact) mass is 496 g/mol. The van der Waals surface area contributed by atoms with Crippen LogP contribution in [0, 0.1) is 6.92 Å². The molecular weight excluding hydrogens is 464 g/mol. The van der Waals surface area contributed by atoms with Crippen LogP contribution >= 0.6 is 0 Å². The summed E-state index contributed by atoms with van der Waals surface area (Å²) in [5.74, 6) is 1.21. The van der Waals surface area contributed by atoms with Crippen molar-refractivity contribution < 1.29 is 23.0 Å². The molecule has 186 valence electrons. The highest BCUT2D eigenvalue weighted by molar-refractivity contribution is 7.92. The molecule has 0 spiro atoms. The molecular formula is C27H32N2O5S. The summed E-state index contributed by atoms with van der Waals surface area (Å²) in [6.07, 6.45) is 1.32. The minimum Gasteiger partial charge on any atom is -0.504 e. The van der Waals surface area contributed by atoms with Crippen molar-refractivity contribution in [2.45, 2.75) is 37.2 Å². The Labute approximate surface area is 207 Å². The Kier molecular flexibility index (Phi) is 7.52. The van der Waals surface area contributed by atoms with E-state index >= 15 is 0 Å². The lowest BCUT2D eigenvalue weighted by atomic mass is 10.0. The number of para-hydroxylation sites is 1. The van der Waals surface area contributed by atoms with Gasteiger partial charge in [0.1, 0.15) is 5.75 Å². The van der Waals surface area contributed by atoms with Crippen LogP contribution in [-0.2, 0) is 16.6 Å². The van der Waals surface area contributed by atoms with Crippen molar-refractivity contribution in [3.8, 4) is 17.2 Å². The van der Waals surface area contributed by atoms with E-state index in [1.807, 2.05) is 49.4 Å². The second-order valence-corrected chi connectivity index (χ2v) is 10.6. The number of hydrogen-bond donors (Lipinski definition) is 1. The highest BCUT2D eigenvalue weighted by Gasteiger charge is 2.34. The molecule has 3 aromatic carbocycles. The average molecular weight is 497 g/mol. The number of sulfonamides is 1.